The molecule has 13 heavy (non-hydrogen) atoms. The van der Waals surface area contributed by atoms with Crippen LogP contribution in [-0.2, 0) is 0 Å². The average molecular weight is 209 g/mol. The molecule has 1 unspecified atom stereocenters. The molecule has 0 saturated heterocycles. The molecule has 0 rings (SSSR count). The van der Waals surface area contributed by atoms with E-state index in [-0.39, 0.29) is 13.3 Å². The predicted molar refractivity (Wildman–Crippen MR) is 29.4 cm³/mol. The molecular weight excluding hydrogens is 205 g/mol. The fourth-order valence-electron chi connectivity index (χ4n) is 0.455. The van der Waals surface area contributed by atoms with Crippen molar-refractivity contribution in [1.82, 2.24) is 0 Å². The number of alkyl halides is 5. The SMILES string of the molecule is CC(F)C(F)(F)C(F)(F)/C(F)=[C]\F. The Morgan fingerprint density at radius 2 is 1.62 bits per heavy atom. The maximum atomic E-state index is 12.2. The van der Waals surface area contributed by atoms with E-state index in [1.54, 1.807) is 0 Å². The Hall–Kier alpha value is -0.750. The highest BCUT2D eigenvalue weighted by atomic mass is 19.3. The van der Waals surface area contributed by atoms with Crippen molar-refractivity contribution in [1.29, 1.82) is 0 Å². The van der Waals surface area contributed by atoms with Crippen LogP contribution >= 0.6 is 0 Å². The quantitative estimate of drug-likeness (QED) is 0.626. The van der Waals surface area contributed by atoms with Gasteiger partial charge >= 0.3 is 11.8 Å². The number of halogens is 7. The maximum Gasteiger partial charge on any atom is 0.366 e. The Labute approximate surface area is 69.0 Å². The van der Waals surface area contributed by atoms with Crippen LogP contribution in [0.5, 0.6) is 0 Å². The lowest BCUT2D eigenvalue weighted by atomic mass is 10.1. The van der Waals surface area contributed by atoms with Crippen molar-refractivity contribution >= 4 is 0 Å². The molecule has 0 saturated carbocycles. The van der Waals surface area contributed by atoms with Gasteiger partial charge in [0.25, 0.3) is 0 Å². The van der Waals surface area contributed by atoms with E-state index in [4.69, 9.17) is 0 Å². The topological polar surface area (TPSA) is 0 Å². The fraction of sp³-hybridized carbons (Fsp3) is 0.667. The van der Waals surface area contributed by atoms with Gasteiger partial charge in [0.2, 0.25) is 5.83 Å². The maximum absolute atomic E-state index is 12.2. The molecule has 0 heterocycles. The van der Waals surface area contributed by atoms with Gasteiger partial charge in [-0.2, -0.15) is 17.6 Å². The Kier molecular flexibility index (Phi) is 3.34. The van der Waals surface area contributed by atoms with Gasteiger partial charge in [0.05, 0.1) is 0 Å². The molecule has 0 aliphatic heterocycles. The molecule has 0 nitrogen and oxygen atoms in total. The summed E-state index contributed by atoms with van der Waals surface area (Å²) >= 11 is 0. The molecule has 77 valence electrons. The normalized spacial score (nSPS) is 17.4. The second kappa shape index (κ2) is 3.55. The summed E-state index contributed by atoms with van der Waals surface area (Å²) in [4.78, 5) is 0. The van der Waals surface area contributed by atoms with Crippen molar-refractivity contribution in [2.75, 3.05) is 0 Å². The van der Waals surface area contributed by atoms with Gasteiger partial charge in [-0.1, -0.05) is 0 Å². The van der Waals surface area contributed by atoms with Crippen LogP contribution in [0.1, 0.15) is 6.92 Å². The number of allylic oxidation sites excluding steroid dienone is 1. The summed E-state index contributed by atoms with van der Waals surface area (Å²) in [6.45, 7) is 0.111. The summed E-state index contributed by atoms with van der Waals surface area (Å²) in [5.41, 5.74) is 0. The highest BCUT2D eigenvalue weighted by Gasteiger charge is 2.63. The van der Waals surface area contributed by atoms with Crippen LogP contribution in [0.2, 0.25) is 0 Å². The average Bonchev–Trinajstić information content (AvgIpc) is 2.02. The van der Waals surface area contributed by atoms with Gasteiger partial charge in [0, 0.05) is 0 Å². The Balaban J connectivity index is 5.03. The van der Waals surface area contributed by atoms with E-state index in [0.29, 0.717) is 0 Å². The highest BCUT2D eigenvalue weighted by Crippen LogP contribution is 2.43. The van der Waals surface area contributed by atoms with Crippen LogP contribution in [0, 0.1) is 6.33 Å². The van der Waals surface area contributed by atoms with Crippen molar-refractivity contribution < 1.29 is 30.7 Å². The van der Waals surface area contributed by atoms with E-state index < -0.39 is 23.8 Å². The fourth-order valence-corrected chi connectivity index (χ4v) is 0.455. The van der Waals surface area contributed by atoms with Crippen molar-refractivity contribution in [2.45, 2.75) is 24.9 Å². The van der Waals surface area contributed by atoms with Gasteiger partial charge in [-0.3, -0.25) is 0 Å². The summed E-state index contributed by atoms with van der Waals surface area (Å²) in [6.07, 6.45) is -3.58. The zero-order valence-corrected chi connectivity index (χ0v) is 6.22. The Morgan fingerprint density at radius 3 is 1.85 bits per heavy atom. The highest BCUT2D eigenvalue weighted by molar-refractivity contribution is 5.07. The first kappa shape index (κ1) is 12.2. The van der Waals surface area contributed by atoms with Crippen LogP contribution in [0.25, 0.3) is 0 Å². The van der Waals surface area contributed by atoms with Gasteiger partial charge in [-0.25, -0.2) is 13.2 Å². The molecule has 0 N–H and O–H groups in total. The minimum Gasteiger partial charge on any atom is -0.241 e. The molecule has 1 radical (unpaired) electrons. The third-order valence-electron chi connectivity index (χ3n) is 1.28. The van der Waals surface area contributed by atoms with Gasteiger partial charge in [0.15, 0.2) is 12.5 Å². The first-order valence-corrected chi connectivity index (χ1v) is 2.97. The second-order valence-electron chi connectivity index (χ2n) is 2.22. The molecule has 0 amide bonds. The lowest BCUT2D eigenvalue weighted by molar-refractivity contribution is -0.223. The van der Waals surface area contributed by atoms with Crippen molar-refractivity contribution in [3.63, 3.8) is 0 Å². The van der Waals surface area contributed by atoms with Gasteiger partial charge in [0.1, 0.15) is 0 Å². The van der Waals surface area contributed by atoms with E-state index >= 15 is 0 Å². The predicted octanol–water partition coefficient (Wildman–Crippen LogP) is 3.20. The third kappa shape index (κ3) is 1.94. The molecule has 0 aliphatic carbocycles. The van der Waals surface area contributed by atoms with Crippen molar-refractivity contribution in [3.8, 4) is 0 Å². The number of hydrogen-bond acceptors (Lipinski definition) is 0. The summed E-state index contributed by atoms with van der Waals surface area (Å²) in [5, 5.41) is 0. The molecule has 0 bridgehead atoms. The minimum atomic E-state index is -5.52. The zero-order valence-electron chi connectivity index (χ0n) is 6.22. The third-order valence-corrected chi connectivity index (χ3v) is 1.28. The van der Waals surface area contributed by atoms with E-state index in [1.165, 1.54) is 0 Å². The second-order valence-corrected chi connectivity index (χ2v) is 2.22. The van der Waals surface area contributed by atoms with Crippen LogP contribution in [-0.4, -0.2) is 18.0 Å². The Morgan fingerprint density at radius 1 is 1.23 bits per heavy atom. The van der Waals surface area contributed by atoms with Crippen LogP contribution < -0.4 is 0 Å². The van der Waals surface area contributed by atoms with Crippen LogP contribution in [0.3, 0.4) is 0 Å². The molecule has 0 aromatic carbocycles. The summed E-state index contributed by atoms with van der Waals surface area (Å²) in [5.74, 6) is -13.9. The molecule has 0 aromatic heterocycles. The monoisotopic (exact) mass is 209 g/mol. The molecule has 0 fully saturated rings. The molecule has 0 aliphatic rings. The first-order chi connectivity index (χ1) is 5.67. The first-order valence-electron chi connectivity index (χ1n) is 2.97. The number of rotatable bonds is 3. The minimum absolute atomic E-state index is 0.111. The summed E-state index contributed by atoms with van der Waals surface area (Å²) in [7, 11) is 0. The largest absolute Gasteiger partial charge is 0.366 e. The van der Waals surface area contributed by atoms with Crippen LogP contribution in [0.4, 0.5) is 30.7 Å². The lowest BCUT2D eigenvalue weighted by Gasteiger charge is -2.25. The smallest absolute Gasteiger partial charge is 0.241 e. The Bertz CT molecular complexity index is 205. The molecule has 0 spiro atoms. The van der Waals surface area contributed by atoms with Crippen molar-refractivity contribution in [2.24, 2.45) is 0 Å². The molecular formula is C6H4F7. The summed E-state index contributed by atoms with van der Waals surface area (Å²) in [6, 6.07) is 0. The molecule has 0 aromatic rings. The van der Waals surface area contributed by atoms with Crippen LogP contribution in [0.15, 0.2) is 5.83 Å². The van der Waals surface area contributed by atoms with E-state index in [9.17, 15) is 30.7 Å². The van der Waals surface area contributed by atoms with Gasteiger partial charge < -0.3 is 0 Å². The van der Waals surface area contributed by atoms with Crippen molar-refractivity contribution in [3.05, 3.63) is 12.2 Å². The van der Waals surface area contributed by atoms with E-state index in [0.717, 1.165) is 0 Å². The lowest BCUT2D eigenvalue weighted by Crippen LogP contribution is -2.47. The van der Waals surface area contributed by atoms with Gasteiger partial charge in [-0.05, 0) is 6.92 Å². The van der Waals surface area contributed by atoms with Gasteiger partial charge in [-0.15, -0.1) is 0 Å². The zero-order chi connectivity index (χ0) is 10.9. The summed E-state index contributed by atoms with van der Waals surface area (Å²) < 4.78 is 83.4. The van der Waals surface area contributed by atoms with E-state index in [2.05, 4.69) is 0 Å². The molecule has 7 heteroatoms. The molecule has 1 atom stereocenters. The number of hydrogen-bond donors (Lipinski definition) is 0. The standard InChI is InChI=1S/C6H4F7/c1-3(8)5(10,11)6(12,13)4(9)2-7/h3H,1H3. The van der Waals surface area contributed by atoms with E-state index in [1.807, 2.05) is 0 Å².